The predicted octanol–water partition coefficient (Wildman–Crippen LogP) is 1.33. The number of ether oxygens (including phenoxy) is 1. The minimum absolute atomic E-state index is 0.102. The van der Waals surface area contributed by atoms with Crippen molar-refractivity contribution in [1.82, 2.24) is 0 Å². The van der Waals surface area contributed by atoms with Crippen molar-refractivity contribution in [2.45, 2.75) is 11.8 Å². The fraction of sp³-hybridized carbons (Fsp3) is 0.250. The number of nitrogen functional groups attached to an aromatic ring is 1. The normalized spacial score (nSPS) is 11.3. The first-order chi connectivity index (χ1) is 6.45. The second-order valence-corrected chi connectivity index (χ2v) is 3.92. The molecule has 0 saturated carbocycles. The summed E-state index contributed by atoms with van der Waals surface area (Å²) in [6.45, 7) is 2.17. The summed E-state index contributed by atoms with van der Waals surface area (Å²) in [7, 11) is -4.69. The number of anilines is 1. The minimum Gasteiger partial charge on any atom is -0.492 e. The molecule has 14 heavy (non-hydrogen) atoms. The lowest BCUT2D eigenvalue weighted by molar-refractivity contribution is 0.342. The minimum atomic E-state index is -4.69. The number of nitrogens with two attached hydrogens (primary N) is 1. The molecule has 0 aliphatic carbocycles. The van der Waals surface area contributed by atoms with Gasteiger partial charge < -0.3 is 10.5 Å². The number of halogens is 1. The highest BCUT2D eigenvalue weighted by molar-refractivity contribution is 7.86. The summed E-state index contributed by atoms with van der Waals surface area (Å²) in [6, 6.07) is 3.46. The van der Waals surface area contributed by atoms with Gasteiger partial charge in [-0.2, -0.15) is 8.42 Å². The van der Waals surface area contributed by atoms with Crippen LogP contribution in [0.2, 0.25) is 0 Å². The molecule has 0 bridgehead atoms. The van der Waals surface area contributed by atoms with Crippen LogP contribution in [0.15, 0.2) is 23.1 Å². The van der Waals surface area contributed by atoms with Gasteiger partial charge in [-0.15, -0.1) is 3.89 Å². The lowest BCUT2D eigenvalue weighted by atomic mass is 10.3. The van der Waals surface area contributed by atoms with Crippen LogP contribution < -0.4 is 10.5 Å². The van der Waals surface area contributed by atoms with Crippen molar-refractivity contribution in [2.75, 3.05) is 12.3 Å². The summed E-state index contributed by atoms with van der Waals surface area (Å²) in [4.78, 5) is -0.460. The molecule has 0 spiro atoms. The molecule has 4 nitrogen and oxygen atoms in total. The molecule has 0 saturated heterocycles. The van der Waals surface area contributed by atoms with Gasteiger partial charge in [-0.25, -0.2) is 0 Å². The Bertz CT molecular complexity index is 430. The Morgan fingerprint density at radius 1 is 1.50 bits per heavy atom. The first-order valence-corrected chi connectivity index (χ1v) is 5.30. The summed E-state index contributed by atoms with van der Waals surface area (Å²) in [5, 5.41) is 0. The monoisotopic (exact) mass is 219 g/mol. The van der Waals surface area contributed by atoms with E-state index in [0.29, 0.717) is 12.4 Å². The van der Waals surface area contributed by atoms with E-state index < -0.39 is 15.1 Å². The van der Waals surface area contributed by atoms with Crippen LogP contribution in [-0.4, -0.2) is 15.0 Å². The molecule has 0 atom stereocenters. The van der Waals surface area contributed by atoms with Crippen LogP contribution in [0.5, 0.6) is 5.75 Å². The molecule has 1 aromatic rings. The van der Waals surface area contributed by atoms with E-state index in [-0.39, 0.29) is 5.69 Å². The zero-order chi connectivity index (χ0) is 10.8. The van der Waals surface area contributed by atoms with Gasteiger partial charge in [-0.1, -0.05) is 0 Å². The van der Waals surface area contributed by atoms with E-state index in [1.807, 2.05) is 0 Å². The lowest BCUT2D eigenvalue weighted by Crippen LogP contribution is -1.99. The number of rotatable bonds is 3. The first-order valence-electron chi connectivity index (χ1n) is 3.92. The van der Waals surface area contributed by atoms with Crippen LogP contribution in [0, 0.1) is 0 Å². The van der Waals surface area contributed by atoms with Crippen molar-refractivity contribution < 1.29 is 17.0 Å². The molecule has 6 heteroatoms. The molecule has 0 aromatic heterocycles. The molecule has 0 aliphatic rings. The van der Waals surface area contributed by atoms with Gasteiger partial charge >= 0.3 is 10.2 Å². The lowest BCUT2D eigenvalue weighted by Gasteiger charge is -2.06. The van der Waals surface area contributed by atoms with Gasteiger partial charge in [0.1, 0.15) is 10.6 Å². The number of hydrogen-bond donors (Lipinski definition) is 1. The maximum Gasteiger partial charge on any atom is 0.332 e. The van der Waals surface area contributed by atoms with Crippen LogP contribution in [0.25, 0.3) is 0 Å². The molecule has 1 aromatic carbocycles. The standard InChI is InChI=1S/C8H10FNO3S/c1-2-13-8-4-3-6(5-7(8)10)14(9,11)12/h3-5H,2,10H2,1H3. The van der Waals surface area contributed by atoms with Gasteiger partial charge in [0.15, 0.2) is 0 Å². The first kappa shape index (κ1) is 10.8. The van der Waals surface area contributed by atoms with Crippen molar-refractivity contribution in [1.29, 1.82) is 0 Å². The fourth-order valence-corrected chi connectivity index (χ4v) is 1.46. The third-order valence-electron chi connectivity index (χ3n) is 1.56. The zero-order valence-electron chi connectivity index (χ0n) is 7.53. The van der Waals surface area contributed by atoms with Crippen LogP contribution in [0.4, 0.5) is 9.57 Å². The Kier molecular flexibility index (Phi) is 2.95. The molecular weight excluding hydrogens is 209 g/mol. The molecule has 1 rings (SSSR count). The Morgan fingerprint density at radius 3 is 2.57 bits per heavy atom. The highest BCUT2D eigenvalue weighted by Gasteiger charge is 2.13. The summed E-state index contributed by atoms with van der Waals surface area (Å²) < 4.78 is 38.5. The topological polar surface area (TPSA) is 69.4 Å². The number of benzene rings is 1. The average Bonchev–Trinajstić information content (AvgIpc) is 2.07. The second-order valence-electron chi connectivity index (χ2n) is 2.57. The van der Waals surface area contributed by atoms with E-state index in [1.54, 1.807) is 6.92 Å². The summed E-state index contributed by atoms with van der Waals surface area (Å²) >= 11 is 0. The SMILES string of the molecule is CCOc1ccc(S(=O)(=O)F)cc1N. The van der Waals surface area contributed by atoms with E-state index in [2.05, 4.69) is 0 Å². The Labute approximate surface area is 81.7 Å². The average molecular weight is 219 g/mol. The third-order valence-corrected chi connectivity index (χ3v) is 2.38. The van der Waals surface area contributed by atoms with Crippen LogP contribution in [-0.2, 0) is 10.2 Å². The van der Waals surface area contributed by atoms with Crippen molar-refractivity contribution in [3.63, 3.8) is 0 Å². The van der Waals surface area contributed by atoms with Gasteiger partial charge in [0.05, 0.1) is 12.3 Å². The molecule has 2 N–H and O–H groups in total. The third kappa shape index (κ3) is 2.35. The smallest absolute Gasteiger partial charge is 0.332 e. The second kappa shape index (κ2) is 3.83. The van der Waals surface area contributed by atoms with Gasteiger partial charge in [-0.3, -0.25) is 0 Å². The molecular formula is C8H10FNO3S. The summed E-state index contributed by atoms with van der Waals surface area (Å²) in [6.07, 6.45) is 0. The molecule has 0 radical (unpaired) electrons. The van der Waals surface area contributed by atoms with E-state index in [9.17, 15) is 12.3 Å². The summed E-state index contributed by atoms with van der Waals surface area (Å²) in [5.41, 5.74) is 5.55. The van der Waals surface area contributed by atoms with Crippen LogP contribution in [0.1, 0.15) is 6.92 Å². The van der Waals surface area contributed by atoms with Crippen molar-refractivity contribution in [3.05, 3.63) is 18.2 Å². The Hall–Kier alpha value is -1.30. The van der Waals surface area contributed by atoms with E-state index in [1.165, 1.54) is 6.07 Å². The van der Waals surface area contributed by atoms with Gasteiger partial charge in [0.25, 0.3) is 0 Å². The Balaban J connectivity index is 3.13. The van der Waals surface area contributed by atoms with Crippen molar-refractivity contribution in [2.24, 2.45) is 0 Å². The Morgan fingerprint density at radius 2 is 2.14 bits per heavy atom. The molecule has 0 heterocycles. The van der Waals surface area contributed by atoms with E-state index >= 15 is 0 Å². The largest absolute Gasteiger partial charge is 0.492 e. The molecule has 78 valence electrons. The molecule has 0 unspecified atom stereocenters. The quantitative estimate of drug-likeness (QED) is 0.615. The van der Waals surface area contributed by atoms with Crippen molar-refractivity contribution in [3.8, 4) is 5.75 Å². The highest BCUT2D eigenvalue weighted by atomic mass is 32.3. The van der Waals surface area contributed by atoms with Gasteiger partial charge in [0.2, 0.25) is 0 Å². The maximum absolute atomic E-state index is 12.5. The fourth-order valence-electron chi connectivity index (χ4n) is 0.965. The summed E-state index contributed by atoms with van der Waals surface area (Å²) in [5.74, 6) is 0.347. The van der Waals surface area contributed by atoms with E-state index in [4.69, 9.17) is 10.5 Å². The van der Waals surface area contributed by atoms with Crippen LogP contribution in [0.3, 0.4) is 0 Å². The van der Waals surface area contributed by atoms with Gasteiger partial charge in [-0.05, 0) is 25.1 Å². The van der Waals surface area contributed by atoms with Crippen molar-refractivity contribution >= 4 is 15.9 Å². The van der Waals surface area contributed by atoms with Gasteiger partial charge in [0, 0.05) is 0 Å². The molecule has 0 amide bonds. The number of hydrogen-bond acceptors (Lipinski definition) is 4. The zero-order valence-corrected chi connectivity index (χ0v) is 8.34. The molecule has 0 fully saturated rings. The van der Waals surface area contributed by atoms with Crippen LogP contribution >= 0.6 is 0 Å². The highest BCUT2D eigenvalue weighted by Crippen LogP contribution is 2.25. The molecule has 0 aliphatic heterocycles. The predicted molar refractivity (Wildman–Crippen MR) is 50.3 cm³/mol. The maximum atomic E-state index is 12.5. The van der Waals surface area contributed by atoms with E-state index in [0.717, 1.165) is 12.1 Å².